The van der Waals surface area contributed by atoms with Gasteiger partial charge in [0.2, 0.25) is 5.88 Å². The van der Waals surface area contributed by atoms with E-state index in [1.165, 1.54) is 37.4 Å². The van der Waals surface area contributed by atoms with Crippen LogP contribution in [0.25, 0.3) is 0 Å². The van der Waals surface area contributed by atoms with Gasteiger partial charge in [-0.15, -0.1) is 0 Å². The van der Waals surface area contributed by atoms with Crippen molar-refractivity contribution in [1.82, 2.24) is 14.9 Å². The molecule has 8 nitrogen and oxygen atoms in total. The summed E-state index contributed by atoms with van der Waals surface area (Å²) in [6, 6.07) is 19.3. The Bertz CT molecular complexity index is 1510. The molecule has 2 aromatic carbocycles. The minimum Gasteiger partial charge on any atom is -0.490 e. The highest BCUT2D eigenvalue weighted by Gasteiger charge is 2.25. The second-order valence-electron chi connectivity index (χ2n) is 9.78. The smallest absolute Gasteiger partial charge is 0.272 e. The SMILES string of the molecule is CC(=O)c1ccc(OC2CCN(C(=O)c3ccc(C(=O)Cc4ccc(Oc5ccc(F)cc5)nc4)cn3)CC2)cc1. The summed E-state index contributed by atoms with van der Waals surface area (Å²) in [6.45, 7) is 2.59. The summed E-state index contributed by atoms with van der Waals surface area (Å²) in [5, 5.41) is 0. The predicted octanol–water partition coefficient (Wildman–Crippen LogP) is 5.72. The van der Waals surface area contributed by atoms with Crippen molar-refractivity contribution in [2.24, 2.45) is 0 Å². The molecule has 0 N–H and O–H groups in total. The van der Waals surface area contributed by atoms with Crippen LogP contribution in [0.4, 0.5) is 4.39 Å². The number of hydrogen-bond donors (Lipinski definition) is 0. The van der Waals surface area contributed by atoms with Crippen LogP contribution in [-0.4, -0.2) is 51.5 Å². The van der Waals surface area contributed by atoms with Crippen molar-refractivity contribution in [3.05, 3.63) is 113 Å². The van der Waals surface area contributed by atoms with Crippen LogP contribution in [0.15, 0.2) is 85.2 Å². The van der Waals surface area contributed by atoms with Crippen LogP contribution in [0.5, 0.6) is 17.4 Å². The number of carbonyl (C=O) groups excluding carboxylic acids is 3. The van der Waals surface area contributed by atoms with E-state index in [0.717, 1.165) is 0 Å². The maximum absolute atomic E-state index is 13.0. The highest BCUT2D eigenvalue weighted by atomic mass is 19.1. The Morgan fingerprint density at radius 3 is 2.12 bits per heavy atom. The minimum atomic E-state index is -0.354. The number of ether oxygens (including phenoxy) is 2. The third-order valence-corrected chi connectivity index (χ3v) is 6.80. The largest absolute Gasteiger partial charge is 0.490 e. The summed E-state index contributed by atoms with van der Waals surface area (Å²) in [5.74, 6) is 0.802. The first-order valence-electron chi connectivity index (χ1n) is 13.3. The lowest BCUT2D eigenvalue weighted by molar-refractivity contribution is 0.0589. The lowest BCUT2D eigenvalue weighted by Crippen LogP contribution is -2.42. The number of aromatic nitrogens is 2. The van der Waals surface area contributed by atoms with Gasteiger partial charge >= 0.3 is 0 Å². The molecule has 41 heavy (non-hydrogen) atoms. The summed E-state index contributed by atoms with van der Waals surface area (Å²) in [5.41, 5.74) is 2.01. The van der Waals surface area contributed by atoms with Crippen LogP contribution in [0.2, 0.25) is 0 Å². The third kappa shape index (κ3) is 7.19. The minimum absolute atomic E-state index is 0.00724. The van der Waals surface area contributed by atoms with E-state index in [2.05, 4.69) is 9.97 Å². The molecule has 2 aromatic heterocycles. The molecule has 0 bridgehead atoms. The number of benzene rings is 2. The second-order valence-corrected chi connectivity index (χ2v) is 9.78. The van der Waals surface area contributed by atoms with E-state index >= 15 is 0 Å². The van der Waals surface area contributed by atoms with Gasteiger partial charge in [0.15, 0.2) is 11.6 Å². The number of pyridine rings is 2. The van der Waals surface area contributed by atoms with Crippen molar-refractivity contribution in [2.75, 3.05) is 13.1 Å². The number of rotatable bonds is 9. The Labute approximate surface area is 236 Å². The molecule has 4 aromatic rings. The van der Waals surface area contributed by atoms with Gasteiger partial charge in [-0.3, -0.25) is 19.4 Å². The average molecular weight is 554 g/mol. The number of likely N-dealkylation sites (tertiary alicyclic amines) is 1. The Hall–Kier alpha value is -4.92. The van der Waals surface area contributed by atoms with Crippen molar-refractivity contribution in [3.8, 4) is 17.4 Å². The summed E-state index contributed by atoms with van der Waals surface area (Å²) >= 11 is 0. The van der Waals surface area contributed by atoms with Crippen molar-refractivity contribution in [1.29, 1.82) is 0 Å². The van der Waals surface area contributed by atoms with Crippen LogP contribution in [0.3, 0.4) is 0 Å². The summed E-state index contributed by atoms with van der Waals surface area (Å²) in [7, 11) is 0. The first kappa shape index (κ1) is 27.6. The Balaban J connectivity index is 1.10. The molecule has 0 saturated carbocycles. The molecule has 208 valence electrons. The van der Waals surface area contributed by atoms with E-state index in [0.29, 0.717) is 60.0 Å². The van der Waals surface area contributed by atoms with Crippen molar-refractivity contribution in [3.63, 3.8) is 0 Å². The third-order valence-electron chi connectivity index (χ3n) is 6.80. The quantitative estimate of drug-likeness (QED) is 0.245. The first-order chi connectivity index (χ1) is 19.8. The highest BCUT2D eigenvalue weighted by Crippen LogP contribution is 2.22. The van der Waals surface area contributed by atoms with Gasteiger partial charge in [0.05, 0.1) is 0 Å². The van der Waals surface area contributed by atoms with Crippen LogP contribution >= 0.6 is 0 Å². The van der Waals surface area contributed by atoms with Gasteiger partial charge in [-0.2, -0.15) is 0 Å². The Kier molecular flexibility index (Phi) is 8.43. The van der Waals surface area contributed by atoms with Gasteiger partial charge in [0.25, 0.3) is 5.91 Å². The Morgan fingerprint density at radius 2 is 1.51 bits per heavy atom. The molecule has 1 fully saturated rings. The van der Waals surface area contributed by atoms with Crippen LogP contribution < -0.4 is 9.47 Å². The number of nitrogens with zero attached hydrogens (tertiary/aromatic N) is 3. The molecule has 1 aliphatic heterocycles. The van der Waals surface area contributed by atoms with Gasteiger partial charge in [0.1, 0.15) is 29.1 Å². The zero-order valence-electron chi connectivity index (χ0n) is 22.5. The normalized spacial score (nSPS) is 13.5. The van der Waals surface area contributed by atoms with Crippen LogP contribution in [0.1, 0.15) is 56.5 Å². The van der Waals surface area contributed by atoms with E-state index in [1.807, 2.05) is 0 Å². The average Bonchev–Trinajstić information content (AvgIpc) is 3.00. The van der Waals surface area contributed by atoms with Gasteiger partial charge in [-0.1, -0.05) is 6.07 Å². The van der Waals surface area contributed by atoms with Crippen LogP contribution in [0, 0.1) is 5.82 Å². The molecule has 0 aliphatic carbocycles. The fourth-order valence-electron chi connectivity index (χ4n) is 4.47. The maximum atomic E-state index is 13.0. The number of piperidine rings is 1. The zero-order chi connectivity index (χ0) is 28.8. The molecule has 0 radical (unpaired) electrons. The van der Waals surface area contributed by atoms with Gasteiger partial charge in [-0.25, -0.2) is 9.37 Å². The molecular weight excluding hydrogens is 525 g/mol. The number of hydrogen-bond acceptors (Lipinski definition) is 7. The second kappa shape index (κ2) is 12.5. The van der Waals surface area contributed by atoms with Gasteiger partial charge in [0, 0.05) is 61.9 Å². The maximum Gasteiger partial charge on any atom is 0.272 e. The monoisotopic (exact) mass is 553 g/mol. The topological polar surface area (TPSA) is 98.7 Å². The van der Waals surface area contributed by atoms with E-state index in [9.17, 15) is 18.8 Å². The van der Waals surface area contributed by atoms with E-state index in [1.54, 1.807) is 59.6 Å². The lowest BCUT2D eigenvalue weighted by Gasteiger charge is -2.32. The molecule has 0 unspecified atom stereocenters. The molecule has 0 atom stereocenters. The number of ketones is 2. The Morgan fingerprint density at radius 1 is 0.829 bits per heavy atom. The molecule has 0 spiro atoms. The summed E-state index contributed by atoms with van der Waals surface area (Å²) in [6.07, 6.45) is 4.43. The molecule has 9 heteroatoms. The molecule has 1 amide bonds. The summed E-state index contributed by atoms with van der Waals surface area (Å²) < 4.78 is 24.7. The number of amides is 1. The van der Waals surface area contributed by atoms with Crippen LogP contribution in [-0.2, 0) is 6.42 Å². The molecule has 3 heterocycles. The highest BCUT2D eigenvalue weighted by molar-refractivity contribution is 5.98. The fraction of sp³-hybridized carbons (Fsp3) is 0.219. The van der Waals surface area contributed by atoms with E-state index in [-0.39, 0.29) is 41.5 Å². The standard InChI is InChI=1S/C32H28FN3O5/c1-21(37)23-3-8-26(9-4-23)40-28-14-16-36(17-15-28)32(39)29-12-5-24(20-34-29)30(38)18-22-2-13-31(35-19-22)41-27-10-6-25(33)7-11-27/h2-13,19-20,28H,14-18H2,1H3. The number of Topliss-reactive ketones (excluding diaryl/α,β-unsaturated/α-hetero) is 2. The van der Waals surface area contributed by atoms with Crippen molar-refractivity contribution in [2.45, 2.75) is 32.3 Å². The lowest BCUT2D eigenvalue weighted by atomic mass is 10.0. The van der Waals surface area contributed by atoms with E-state index in [4.69, 9.17) is 9.47 Å². The zero-order valence-corrected chi connectivity index (χ0v) is 22.5. The molecular formula is C32H28FN3O5. The molecule has 1 saturated heterocycles. The van der Waals surface area contributed by atoms with E-state index < -0.39 is 0 Å². The fourth-order valence-corrected chi connectivity index (χ4v) is 4.47. The first-order valence-corrected chi connectivity index (χ1v) is 13.3. The number of halogens is 1. The van der Waals surface area contributed by atoms with Crippen molar-refractivity contribution >= 4 is 17.5 Å². The number of carbonyl (C=O) groups is 3. The molecule has 1 aliphatic rings. The van der Waals surface area contributed by atoms with Gasteiger partial charge < -0.3 is 14.4 Å². The van der Waals surface area contributed by atoms with Gasteiger partial charge in [-0.05, 0) is 73.2 Å². The predicted molar refractivity (Wildman–Crippen MR) is 149 cm³/mol. The summed E-state index contributed by atoms with van der Waals surface area (Å²) in [4.78, 5) is 47.4. The molecule has 5 rings (SSSR count). The van der Waals surface area contributed by atoms with Crippen molar-refractivity contribution < 1.29 is 28.2 Å².